The number of esters is 1. The summed E-state index contributed by atoms with van der Waals surface area (Å²) in [6, 6.07) is 0. The Balaban J connectivity index is 3.71. The summed E-state index contributed by atoms with van der Waals surface area (Å²) in [4.78, 5) is 22.1. The number of carbonyl (C=O) groups excluding carboxylic acids is 2. The lowest BCUT2D eigenvalue weighted by Crippen LogP contribution is -2.33. The SMILES string of the molecule is CCOC(=O)CC(=O)NCC(C)(C)C. The van der Waals surface area contributed by atoms with E-state index in [2.05, 4.69) is 10.1 Å². The molecule has 0 heterocycles. The zero-order valence-corrected chi connectivity index (χ0v) is 9.35. The van der Waals surface area contributed by atoms with Crippen LogP contribution in [0.15, 0.2) is 0 Å². The molecular formula is C10H19NO3. The van der Waals surface area contributed by atoms with Gasteiger partial charge in [0.1, 0.15) is 6.42 Å². The van der Waals surface area contributed by atoms with E-state index in [0.29, 0.717) is 13.2 Å². The molecule has 0 saturated carbocycles. The third-order valence-electron chi connectivity index (χ3n) is 1.43. The van der Waals surface area contributed by atoms with Gasteiger partial charge in [-0.25, -0.2) is 0 Å². The number of hydrogen-bond donors (Lipinski definition) is 1. The Hall–Kier alpha value is -1.06. The third kappa shape index (κ3) is 7.58. The molecule has 0 aliphatic heterocycles. The molecule has 1 N–H and O–H groups in total. The van der Waals surface area contributed by atoms with Crippen LogP contribution in [0.25, 0.3) is 0 Å². The Kier molecular flexibility index (Phi) is 5.20. The van der Waals surface area contributed by atoms with Gasteiger partial charge in [-0.3, -0.25) is 9.59 Å². The highest BCUT2D eigenvalue weighted by Crippen LogP contribution is 2.10. The summed E-state index contributed by atoms with van der Waals surface area (Å²) in [5.74, 6) is -0.753. The van der Waals surface area contributed by atoms with Gasteiger partial charge in [-0.1, -0.05) is 20.8 Å². The molecule has 0 fully saturated rings. The summed E-state index contributed by atoms with van der Waals surface area (Å²) < 4.78 is 4.64. The van der Waals surface area contributed by atoms with Gasteiger partial charge in [0, 0.05) is 6.54 Å². The van der Waals surface area contributed by atoms with Crippen LogP contribution >= 0.6 is 0 Å². The molecule has 4 heteroatoms. The highest BCUT2D eigenvalue weighted by molar-refractivity contribution is 5.94. The van der Waals surface area contributed by atoms with E-state index in [4.69, 9.17) is 0 Å². The molecule has 0 aliphatic rings. The molecule has 1 amide bonds. The highest BCUT2D eigenvalue weighted by Gasteiger charge is 2.14. The first-order valence-electron chi connectivity index (χ1n) is 4.77. The minimum absolute atomic E-state index is 0.0321. The van der Waals surface area contributed by atoms with Crippen molar-refractivity contribution >= 4 is 11.9 Å². The molecule has 0 aromatic heterocycles. The second-order valence-corrected chi connectivity index (χ2v) is 4.32. The topological polar surface area (TPSA) is 55.4 Å². The van der Waals surface area contributed by atoms with Crippen molar-refractivity contribution < 1.29 is 14.3 Å². The van der Waals surface area contributed by atoms with Gasteiger partial charge < -0.3 is 10.1 Å². The smallest absolute Gasteiger partial charge is 0.315 e. The summed E-state index contributed by atoms with van der Waals surface area (Å²) >= 11 is 0. The number of amides is 1. The number of ether oxygens (including phenoxy) is 1. The molecule has 0 aromatic carbocycles. The van der Waals surface area contributed by atoms with Crippen LogP contribution in [0.2, 0.25) is 0 Å². The van der Waals surface area contributed by atoms with Gasteiger partial charge in [-0.15, -0.1) is 0 Å². The molecule has 0 aliphatic carbocycles. The summed E-state index contributed by atoms with van der Waals surface area (Å²) in [6.45, 7) is 8.62. The average molecular weight is 201 g/mol. The van der Waals surface area contributed by atoms with E-state index >= 15 is 0 Å². The molecule has 4 nitrogen and oxygen atoms in total. The van der Waals surface area contributed by atoms with Crippen molar-refractivity contribution in [2.45, 2.75) is 34.1 Å². The minimum Gasteiger partial charge on any atom is -0.466 e. The molecule has 0 atom stereocenters. The standard InChI is InChI=1S/C10H19NO3/c1-5-14-9(13)6-8(12)11-7-10(2,3)4/h5-7H2,1-4H3,(H,11,12). The van der Waals surface area contributed by atoms with Gasteiger partial charge in [0.05, 0.1) is 6.61 Å². The quantitative estimate of drug-likeness (QED) is 0.547. The van der Waals surface area contributed by atoms with Gasteiger partial charge in [-0.05, 0) is 12.3 Å². The van der Waals surface area contributed by atoms with Crippen molar-refractivity contribution in [3.8, 4) is 0 Å². The first-order valence-corrected chi connectivity index (χ1v) is 4.77. The summed E-state index contributed by atoms with van der Waals surface area (Å²) in [5, 5.41) is 2.67. The first kappa shape index (κ1) is 12.9. The zero-order valence-electron chi connectivity index (χ0n) is 9.35. The van der Waals surface area contributed by atoms with E-state index in [1.165, 1.54) is 0 Å². The van der Waals surface area contributed by atoms with Crippen molar-refractivity contribution in [3.63, 3.8) is 0 Å². The maximum absolute atomic E-state index is 11.2. The Bertz CT molecular complexity index is 206. The van der Waals surface area contributed by atoms with Crippen LogP contribution in [0.3, 0.4) is 0 Å². The van der Waals surface area contributed by atoms with Gasteiger partial charge in [0.15, 0.2) is 0 Å². The molecule has 0 bridgehead atoms. The van der Waals surface area contributed by atoms with Gasteiger partial charge in [0.2, 0.25) is 5.91 Å². The normalized spacial score (nSPS) is 10.9. The fourth-order valence-electron chi connectivity index (χ4n) is 0.769. The van der Waals surface area contributed by atoms with E-state index in [1.54, 1.807) is 6.92 Å². The van der Waals surface area contributed by atoms with E-state index in [0.717, 1.165) is 0 Å². The fraction of sp³-hybridized carbons (Fsp3) is 0.800. The molecular weight excluding hydrogens is 182 g/mol. The monoisotopic (exact) mass is 201 g/mol. The van der Waals surface area contributed by atoms with Crippen molar-refractivity contribution in [3.05, 3.63) is 0 Å². The van der Waals surface area contributed by atoms with E-state index in [1.807, 2.05) is 20.8 Å². The van der Waals surface area contributed by atoms with Crippen LogP contribution in [0, 0.1) is 5.41 Å². The van der Waals surface area contributed by atoms with Crippen LogP contribution in [0.1, 0.15) is 34.1 Å². The Morgan fingerprint density at radius 2 is 1.86 bits per heavy atom. The molecule has 0 radical (unpaired) electrons. The number of hydrogen-bond acceptors (Lipinski definition) is 3. The molecule has 0 unspecified atom stereocenters. The number of carbonyl (C=O) groups is 2. The largest absolute Gasteiger partial charge is 0.466 e. The minimum atomic E-state index is -0.473. The molecule has 14 heavy (non-hydrogen) atoms. The predicted molar refractivity (Wildman–Crippen MR) is 53.7 cm³/mol. The molecule has 0 spiro atoms. The second-order valence-electron chi connectivity index (χ2n) is 4.32. The van der Waals surface area contributed by atoms with Crippen LogP contribution in [-0.4, -0.2) is 25.0 Å². The van der Waals surface area contributed by atoms with Crippen LogP contribution in [-0.2, 0) is 14.3 Å². The van der Waals surface area contributed by atoms with Crippen LogP contribution in [0.4, 0.5) is 0 Å². The summed E-state index contributed by atoms with van der Waals surface area (Å²) in [6.07, 6.45) is -0.191. The highest BCUT2D eigenvalue weighted by atomic mass is 16.5. The Labute approximate surface area is 85.0 Å². The van der Waals surface area contributed by atoms with Crippen LogP contribution < -0.4 is 5.32 Å². The lowest BCUT2D eigenvalue weighted by Gasteiger charge is -2.18. The predicted octanol–water partition coefficient (Wildman–Crippen LogP) is 1.10. The van der Waals surface area contributed by atoms with E-state index < -0.39 is 5.97 Å². The molecule has 0 aromatic rings. The van der Waals surface area contributed by atoms with Gasteiger partial charge in [0.25, 0.3) is 0 Å². The third-order valence-corrected chi connectivity index (χ3v) is 1.43. The maximum Gasteiger partial charge on any atom is 0.315 e. The second kappa shape index (κ2) is 5.62. The van der Waals surface area contributed by atoms with Crippen LogP contribution in [0.5, 0.6) is 0 Å². The van der Waals surface area contributed by atoms with Gasteiger partial charge >= 0.3 is 5.97 Å². The Morgan fingerprint density at radius 1 is 1.29 bits per heavy atom. The van der Waals surface area contributed by atoms with Crippen molar-refractivity contribution in [2.24, 2.45) is 5.41 Å². The maximum atomic E-state index is 11.2. The molecule has 0 rings (SSSR count). The average Bonchev–Trinajstić information content (AvgIpc) is 2.00. The van der Waals surface area contributed by atoms with E-state index in [9.17, 15) is 9.59 Å². The van der Waals surface area contributed by atoms with E-state index in [-0.39, 0.29) is 17.7 Å². The zero-order chi connectivity index (χ0) is 11.2. The van der Waals surface area contributed by atoms with Crippen molar-refractivity contribution in [1.82, 2.24) is 5.32 Å². The lowest BCUT2D eigenvalue weighted by molar-refractivity contribution is -0.146. The van der Waals surface area contributed by atoms with Gasteiger partial charge in [-0.2, -0.15) is 0 Å². The van der Waals surface area contributed by atoms with Crippen molar-refractivity contribution in [1.29, 1.82) is 0 Å². The lowest BCUT2D eigenvalue weighted by atomic mass is 9.97. The molecule has 0 saturated heterocycles. The number of nitrogens with one attached hydrogen (secondary N) is 1. The fourth-order valence-corrected chi connectivity index (χ4v) is 0.769. The van der Waals surface area contributed by atoms with Crippen molar-refractivity contribution in [2.75, 3.05) is 13.2 Å². The Morgan fingerprint density at radius 3 is 2.29 bits per heavy atom. The summed E-state index contributed by atoms with van der Waals surface area (Å²) in [5.41, 5.74) is 0.0321. The number of rotatable bonds is 4. The summed E-state index contributed by atoms with van der Waals surface area (Å²) in [7, 11) is 0. The molecule has 82 valence electrons. The first-order chi connectivity index (χ1) is 6.35.